The Kier molecular flexibility index (Phi) is 4.97. The standard InChI is InChI=1S/C10H12F3NO3S2/c1-18(15)9(7-10(11,12)13)19(16,17)14-8-5-3-2-4-6-8/h2-6,9,14H,7H2,1H3. The summed E-state index contributed by atoms with van der Waals surface area (Å²) >= 11 is 0. The van der Waals surface area contributed by atoms with Crippen LogP contribution in [0, 0.1) is 0 Å². The molecule has 9 heteroatoms. The Bertz CT molecular complexity index is 543. The van der Waals surface area contributed by atoms with Crippen LogP contribution in [0.3, 0.4) is 0 Å². The van der Waals surface area contributed by atoms with Crippen LogP contribution in [0.15, 0.2) is 30.3 Å². The van der Waals surface area contributed by atoms with Crippen LogP contribution in [0.1, 0.15) is 6.42 Å². The van der Waals surface area contributed by atoms with Crippen molar-refractivity contribution < 1.29 is 25.8 Å². The van der Waals surface area contributed by atoms with E-state index in [-0.39, 0.29) is 5.69 Å². The van der Waals surface area contributed by atoms with Crippen LogP contribution in [0.2, 0.25) is 0 Å². The van der Waals surface area contributed by atoms with Crippen LogP contribution in [0.5, 0.6) is 0 Å². The highest BCUT2D eigenvalue weighted by Gasteiger charge is 2.40. The molecule has 2 unspecified atom stereocenters. The number of benzene rings is 1. The van der Waals surface area contributed by atoms with Gasteiger partial charge in [-0.25, -0.2) is 8.42 Å². The zero-order valence-electron chi connectivity index (χ0n) is 9.85. The van der Waals surface area contributed by atoms with Crippen molar-refractivity contribution in [1.82, 2.24) is 0 Å². The summed E-state index contributed by atoms with van der Waals surface area (Å²) in [5.74, 6) is 0. The highest BCUT2D eigenvalue weighted by atomic mass is 32.3. The lowest BCUT2D eigenvalue weighted by atomic mass is 10.3. The summed E-state index contributed by atoms with van der Waals surface area (Å²) in [5, 5.41) is 0. The van der Waals surface area contributed by atoms with Gasteiger partial charge in [0.05, 0.1) is 6.42 Å². The van der Waals surface area contributed by atoms with Gasteiger partial charge in [0.15, 0.2) is 4.58 Å². The Hall–Kier alpha value is -1.09. The molecule has 0 radical (unpaired) electrons. The fourth-order valence-electron chi connectivity index (χ4n) is 1.33. The van der Waals surface area contributed by atoms with Crippen molar-refractivity contribution in [2.24, 2.45) is 0 Å². The fraction of sp³-hybridized carbons (Fsp3) is 0.400. The molecule has 1 aromatic rings. The third-order valence-electron chi connectivity index (χ3n) is 2.15. The van der Waals surface area contributed by atoms with Gasteiger partial charge in [0, 0.05) is 22.7 Å². The van der Waals surface area contributed by atoms with Gasteiger partial charge in [-0.05, 0) is 12.1 Å². The molecule has 0 fully saturated rings. The number of hydrogen-bond donors (Lipinski definition) is 1. The molecular formula is C10H12F3NO3S2. The van der Waals surface area contributed by atoms with Crippen LogP contribution in [0.25, 0.3) is 0 Å². The molecule has 19 heavy (non-hydrogen) atoms. The number of nitrogens with one attached hydrogen (secondary N) is 1. The summed E-state index contributed by atoms with van der Waals surface area (Å²) in [4.78, 5) is 0. The lowest BCUT2D eigenvalue weighted by molar-refractivity contribution is -0.131. The van der Waals surface area contributed by atoms with E-state index in [1.165, 1.54) is 24.3 Å². The minimum absolute atomic E-state index is 0.125. The van der Waals surface area contributed by atoms with E-state index >= 15 is 0 Å². The number of sulfonamides is 1. The molecule has 1 rings (SSSR count). The topological polar surface area (TPSA) is 63.2 Å². The average molecular weight is 315 g/mol. The third kappa shape index (κ3) is 5.19. The van der Waals surface area contributed by atoms with Crippen molar-refractivity contribution in [1.29, 1.82) is 0 Å². The molecule has 0 amide bonds. The van der Waals surface area contributed by atoms with E-state index in [1.54, 1.807) is 6.07 Å². The van der Waals surface area contributed by atoms with Crippen LogP contribution in [-0.4, -0.2) is 29.6 Å². The van der Waals surface area contributed by atoms with Crippen molar-refractivity contribution in [2.45, 2.75) is 17.2 Å². The second-order valence-electron chi connectivity index (χ2n) is 3.76. The zero-order chi connectivity index (χ0) is 14.7. The molecule has 0 aliphatic carbocycles. The quantitative estimate of drug-likeness (QED) is 0.905. The third-order valence-corrected chi connectivity index (χ3v) is 6.01. The van der Waals surface area contributed by atoms with Crippen molar-refractivity contribution in [2.75, 3.05) is 11.0 Å². The number of alkyl halides is 3. The summed E-state index contributed by atoms with van der Waals surface area (Å²) in [6.07, 6.45) is -5.43. The van der Waals surface area contributed by atoms with Gasteiger partial charge in [0.1, 0.15) is 0 Å². The number of para-hydroxylation sites is 1. The smallest absolute Gasteiger partial charge is 0.283 e. The van der Waals surface area contributed by atoms with Crippen molar-refractivity contribution in [3.8, 4) is 0 Å². The molecule has 0 aromatic heterocycles. The molecule has 1 aromatic carbocycles. The predicted octanol–water partition coefficient (Wildman–Crippen LogP) is 2.09. The summed E-state index contributed by atoms with van der Waals surface area (Å²) in [6, 6.07) is 7.46. The fourth-order valence-corrected chi connectivity index (χ4v) is 4.33. The van der Waals surface area contributed by atoms with Gasteiger partial charge >= 0.3 is 6.18 Å². The second-order valence-corrected chi connectivity index (χ2v) is 7.49. The van der Waals surface area contributed by atoms with Gasteiger partial charge in [-0.2, -0.15) is 13.2 Å². The summed E-state index contributed by atoms with van der Waals surface area (Å²) in [6.45, 7) is 0. The largest absolute Gasteiger partial charge is 0.391 e. The zero-order valence-corrected chi connectivity index (χ0v) is 11.5. The Morgan fingerprint density at radius 1 is 1.26 bits per heavy atom. The molecule has 0 aliphatic rings. The maximum atomic E-state index is 12.3. The van der Waals surface area contributed by atoms with Crippen molar-refractivity contribution in [3.63, 3.8) is 0 Å². The minimum Gasteiger partial charge on any atom is -0.283 e. The Morgan fingerprint density at radius 3 is 2.21 bits per heavy atom. The van der Waals surface area contributed by atoms with Crippen LogP contribution in [-0.2, 0) is 20.8 Å². The molecule has 0 aliphatic heterocycles. The summed E-state index contributed by atoms with van der Waals surface area (Å²) < 4.78 is 71.8. The molecule has 108 valence electrons. The minimum atomic E-state index is -4.71. The molecule has 0 saturated carbocycles. The summed E-state index contributed by atoms with van der Waals surface area (Å²) in [5.41, 5.74) is 0.125. The highest BCUT2D eigenvalue weighted by molar-refractivity contribution is 8.06. The Balaban J connectivity index is 2.98. The van der Waals surface area contributed by atoms with Crippen LogP contribution >= 0.6 is 0 Å². The molecule has 0 heterocycles. The van der Waals surface area contributed by atoms with E-state index in [2.05, 4.69) is 0 Å². The van der Waals surface area contributed by atoms with Crippen LogP contribution in [0.4, 0.5) is 18.9 Å². The van der Waals surface area contributed by atoms with E-state index in [4.69, 9.17) is 0 Å². The predicted molar refractivity (Wildman–Crippen MR) is 67.5 cm³/mol. The maximum Gasteiger partial charge on any atom is 0.391 e. The number of halogens is 3. The van der Waals surface area contributed by atoms with Gasteiger partial charge in [-0.15, -0.1) is 0 Å². The molecule has 2 atom stereocenters. The van der Waals surface area contributed by atoms with Gasteiger partial charge in [0.25, 0.3) is 0 Å². The number of rotatable bonds is 5. The second kappa shape index (κ2) is 5.91. The van der Waals surface area contributed by atoms with Gasteiger partial charge in [-0.1, -0.05) is 18.2 Å². The van der Waals surface area contributed by atoms with Gasteiger partial charge in [0.2, 0.25) is 10.0 Å². The molecule has 1 N–H and O–H groups in total. The van der Waals surface area contributed by atoms with Crippen molar-refractivity contribution in [3.05, 3.63) is 30.3 Å². The first-order valence-corrected chi connectivity index (χ1v) is 8.24. The van der Waals surface area contributed by atoms with Gasteiger partial charge < -0.3 is 0 Å². The molecule has 0 saturated heterocycles. The van der Waals surface area contributed by atoms with Crippen LogP contribution < -0.4 is 4.72 Å². The first kappa shape index (κ1) is 16.0. The lowest BCUT2D eigenvalue weighted by Gasteiger charge is -2.18. The molecular weight excluding hydrogens is 303 g/mol. The monoisotopic (exact) mass is 315 g/mol. The first-order valence-electron chi connectivity index (χ1n) is 5.07. The molecule has 0 spiro atoms. The lowest BCUT2D eigenvalue weighted by Crippen LogP contribution is -2.35. The van der Waals surface area contributed by atoms with E-state index in [1.807, 2.05) is 4.72 Å². The average Bonchev–Trinajstić information content (AvgIpc) is 2.25. The SMILES string of the molecule is CS(=O)C(CC(F)(F)F)S(=O)(=O)Nc1ccccc1. The first-order chi connectivity index (χ1) is 8.62. The number of anilines is 1. The van der Waals surface area contributed by atoms with Gasteiger partial charge in [-0.3, -0.25) is 8.93 Å². The normalized spacial score (nSPS) is 15.8. The van der Waals surface area contributed by atoms with E-state index in [0.717, 1.165) is 6.26 Å². The number of hydrogen-bond acceptors (Lipinski definition) is 3. The Labute approximate surface area is 111 Å². The van der Waals surface area contributed by atoms with Crippen molar-refractivity contribution >= 4 is 26.5 Å². The summed E-state index contributed by atoms with van der Waals surface area (Å²) in [7, 11) is -6.54. The highest BCUT2D eigenvalue weighted by Crippen LogP contribution is 2.27. The Morgan fingerprint density at radius 2 is 1.79 bits per heavy atom. The molecule has 0 bridgehead atoms. The molecule has 4 nitrogen and oxygen atoms in total. The van der Waals surface area contributed by atoms with E-state index in [0.29, 0.717) is 0 Å². The van der Waals surface area contributed by atoms with E-state index in [9.17, 15) is 25.8 Å². The van der Waals surface area contributed by atoms with E-state index < -0.39 is 38.0 Å². The maximum absolute atomic E-state index is 12.3.